The molecule has 0 radical (unpaired) electrons. The molecule has 0 aliphatic rings. The van der Waals surface area contributed by atoms with Crippen molar-refractivity contribution in [2.75, 3.05) is 13.1 Å². The average Bonchev–Trinajstić information content (AvgIpc) is 2.84. The van der Waals surface area contributed by atoms with E-state index in [2.05, 4.69) is 15.5 Å². The van der Waals surface area contributed by atoms with Gasteiger partial charge in [-0.2, -0.15) is 0 Å². The monoisotopic (exact) mass is 269 g/mol. The van der Waals surface area contributed by atoms with Crippen molar-refractivity contribution in [1.82, 2.24) is 25.0 Å². The molecule has 0 unspecified atom stereocenters. The van der Waals surface area contributed by atoms with Crippen LogP contribution in [0.15, 0.2) is 6.33 Å². The summed E-state index contributed by atoms with van der Waals surface area (Å²) in [5, 5.41) is 19.0. The van der Waals surface area contributed by atoms with Gasteiger partial charge in [0, 0.05) is 19.6 Å². The molecule has 106 valence electrons. The second-order valence-corrected chi connectivity index (χ2v) is 3.92. The van der Waals surface area contributed by atoms with E-state index in [1.807, 2.05) is 11.5 Å². The third-order valence-electron chi connectivity index (χ3n) is 2.70. The van der Waals surface area contributed by atoms with Gasteiger partial charge < -0.3 is 19.9 Å². The Labute approximate surface area is 111 Å². The van der Waals surface area contributed by atoms with Gasteiger partial charge >= 0.3 is 12.0 Å². The number of carboxylic acid groups (broad SMARTS) is 1. The molecule has 8 nitrogen and oxygen atoms in total. The first-order valence-corrected chi connectivity index (χ1v) is 6.19. The summed E-state index contributed by atoms with van der Waals surface area (Å²) in [5.74, 6) is -0.248. The summed E-state index contributed by atoms with van der Waals surface area (Å²) < 4.78 is 1.83. The number of rotatable bonds is 7. The van der Waals surface area contributed by atoms with Crippen molar-refractivity contribution >= 4 is 12.0 Å². The van der Waals surface area contributed by atoms with E-state index in [4.69, 9.17) is 5.11 Å². The maximum atomic E-state index is 11.8. The molecule has 0 atom stereocenters. The van der Waals surface area contributed by atoms with Crippen molar-refractivity contribution in [3.05, 3.63) is 12.2 Å². The minimum Gasteiger partial charge on any atom is -0.481 e. The van der Waals surface area contributed by atoms with Gasteiger partial charge in [0.05, 0.1) is 13.0 Å². The third-order valence-corrected chi connectivity index (χ3v) is 2.70. The van der Waals surface area contributed by atoms with Gasteiger partial charge in [0.2, 0.25) is 0 Å². The number of carboxylic acids is 1. The average molecular weight is 269 g/mol. The van der Waals surface area contributed by atoms with Gasteiger partial charge in [0.1, 0.15) is 6.33 Å². The minimum atomic E-state index is -0.919. The van der Waals surface area contributed by atoms with Crippen molar-refractivity contribution < 1.29 is 14.7 Å². The maximum absolute atomic E-state index is 11.8. The van der Waals surface area contributed by atoms with Gasteiger partial charge in [-0.1, -0.05) is 0 Å². The number of nitrogens with zero attached hydrogens (tertiary/aromatic N) is 4. The Hall–Kier alpha value is -2.12. The van der Waals surface area contributed by atoms with Gasteiger partial charge in [-0.15, -0.1) is 10.2 Å². The lowest BCUT2D eigenvalue weighted by Gasteiger charge is -2.20. The van der Waals surface area contributed by atoms with Crippen LogP contribution in [0.5, 0.6) is 0 Å². The van der Waals surface area contributed by atoms with Crippen molar-refractivity contribution in [2.45, 2.75) is 33.4 Å². The van der Waals surface area contributed by atoms with Crippen LogP contribution in [0.4, 0.5) is 4.79 Å². The lowest BCUT2D eigenvalue weighted by atomic mass is 10.4. The van der Waals surface area contributed by atoms with Gasteiger partial charge in [0.15, 0.2) is 5.82 Å². The van der Waals surface area contributed by atoms with Crippen LogP contribution in [0.3, 0.4) is 0 Å². The molecule has 0 aromatic carbocycles. The highest BCUT2D eigenvalue weighted by Gasteiger charge is 2.13. The van der Waals surface area contributed by atoms with Crippen molar-refractivity contribution in [3.8, 4) is 0 Å². The smallest absolute Gasteiger partial charge is 0.317 e. The molecule has 2 amide bonds. The van der Waals surface area contributed by atoms with E-state index >= 15 is 0 Å². The number of aryl methyl sites for hydroxylation is 1. The molecule has 0 bridgehead atoms. The van der Waals surface area contributed by atoms with E-state index in [1.165, 1.54) is 4.90 Å². The quantitative estimate of drug-likeness (QED) is 0.741. The Morgan fingerprint density at radius 2 is 2.21 bits per heavy atom. The molecule has 1 aromatic rings. The zero-order chi connectivity index (χ0) is 14.3. The number of aromatic nitrogens is 3. The summed E-state index contributed by atoms with van der Waals surface area (Å²) in [6, 6.07) is -0.297. The summed E-state index contributed by atoms with van der Waals surface area (Å²) in [6.07, 6.45) is 1.54. The van der Waals surface area contributed by atoms with Gasteiger partial charge in [-0.05, 0) is 13.8 Å². The standard InChI is InChI=1S/C11H19N5O3/c1-3-15(6-5-10(17)18)11(19)12-7-9-14-13-8-16(9)4-2/h8H,3-7H2,1-2H3,(H,12,19)(H,17,18). The SMILES string of the molecule is CCN(CCC(=O)O)C(=O)NCc1nncn1CC. The predicted octanol–water partition coefficient (Wildman–Crippen LogP) is 0.304. The molecule has 0 aliphatic carbocycles. The first-order valence-electron chi connectivity index (χ1n) is 6.19. The summed E-state index contributed by atoms with van der Waals surface area (Å²) in [4.78, 5) is 23.8. The van der Waals surface area contributed by atoms with E-state index in [-0.39, 0.29) is 25.5 Å². The summed E-state index contributed by atoms with van der Waals surface area (Å²) in [6.45, 7) is 5.42. The second kappa shape index (κ2) is 7.34. The minimum absolute atomic E-state index is 0.0631. The Bertz CT molecular complexity index is 432. The van der Waals surface area contributed by atoms with Crippen LogP contribution in [0.1, 0.15) is 26.1 Å². The van der Waals surface area contributed by atoms with Crippen LogP contribution in [0.2, 0.25) is 0 Å². The third kappa shape index (κ3) is 4.57. The van der Waals surface area contributed by atoms with Crippen molar-refractivity contribution in [2.24, 2.45) is 0 Å². The van der Waals surface area contributed by atoms with Crippen LogP contribution in [-0.2, 0) is 17.9 Å². The number of urea groups is 1. The molecule has 2 N–H and O–H groups in total. The highest BCUT2D eigenvalue weighted by Crippen LogP contribution is 1.97. The summed E-state index contributed by atoms with van der Waals surface area (Å²) in [5.41, 5.74) is 0. The zero-order valence-electron chi connectivity index (χ0n) is 11.2. The normalized spacial score (nSPS) is 10.2. The zero-order valence-corrected chi connectivity index (χ0v) is 11.2. The van der Waals surface area contributed by atoms with Crippen LogP contribution in [0.25, 0.3) is 0 Å². The maximum Gasteiger partial charge on any atom is 0.317 e. The molecule has 8 heteroatoms. The van der Waals surface area contributed by atoms with E-state index in [1.54, 1.807) is 13.3 Å². The van der Waals surface area contributed by atoms with E-state index in [9.17, 15) is 9.59 Å². The lowest BCUT2D eigenvalue weighted by Crippen LogP contribution is -2.41. The molecule has 0 fully saturated rings. The van der Waals surface area contributed by atoms with Crippen LogP contribution < -0.4 is 5.32 Å². The Balaban J connectivity index is 2.46. The van der Waals surface area contributed by atoms with Gasteiger partial charge in [-0.3, -0.25) is 4.79 Å². The Kier molecular flexibility index (Phi) is 5.77. The van der Waals surface area contributed by atoms with Crippen LogP contribution >= 0.6 is 0 Å². The first-order chi connectivity index (χ1) is 9.08. The predicted molar refractivity (Wildman–Crippen MR) is 67.4 cm³/mol. The molecule has 0 saturated heterocycles. The molecule has 0 saturated carbocycles. The van der Waals surface area contributed by atoms with Crippen LogP contribution in [0, 0.1) is 0 Å². The number of hydrogen-bond acceptors (Lipinski definition) is 4. The lowest BCUT2D eigenvalue weighted by molar-refractivity contribution is -0.137. The largest absolute Gasteiger partial charge is 0.481 e. The van der Waals surface area contributed by atoms with Crippen molar-refractivity contribution in [3.63, 3.8) is 0 Å². The topological polar surface area (TPSA) is 100 Å². The van der Waals surface area contributed by atoms with Crippen molar-refractivity contribution in [1.29, 1.82) is 0 Å². The second-order valence-electron chi connectivity index (χ2n) is 3.92. The molecule has 1 heterocycles. The Morgan fingerprint density at radius 1 is 1.47 bits per heavy atom. The Morgan fingerprint density at radius 3 is 2.79 bits per heavy atom. The summed E-state index contributed by atoms with van der Waals surface area (Å²) >= 11 is 0. The fourth-order valence-corrected chi connectivity index (χ4v) is 1.58. The van der Waals surface area contributed by atoms with E-state index in [0.717, 1.165) is 6.54 Å². The summed E-state index contributed by atoms with van der Waals surface area (Å²) in [7, 11) is 0. The fraction of sp³-hybridized carbons (Fsp3) is 0.636. The number of hydrogen-bond donors (Lipinski definition) is 2. The van der Waals surface area contributed by atoms with E-state index in [0.29, 0.717) is 12.4 Å². The molecule has 19 heavy (non-hydrogen) atoms. The van der Waals surface area contributed by atoms with Gasteiger partial charge in [-0.25, -0.2) is 4.79 Å². The number of carbonyl (C=O) groups excluding carboxylic acids is 1. The molecule has 0 spiro atoms. The molecule has 0 aliphatic heterocycles. The number of carbonyl (C=O) groups is 2. The molecule has 1 rings (SSSR count). The highest BCUT2D eigenvalue weighted by atomic mass is 16.4. The van der Waals surface area contributed by atoms with Crippen LogP contribution in [-0.4, -0.2) is 49.9 Å². The number of amides is 2. The molecule has 1 aromatic heterocycles. The highest BCUT2D eigenvalue weighted by molar-refractivity contribution is 5.75. The fourth-order valence-electron chi connectivity index (χ4n) is 1.58. The molecular formula is C11H19N5O3. The van der Waals surface area contributed by atoms with E-state index < -0.39 is 5.97 Å². The number of aliphatic carboxylic acids is 1. The van der Waals surface area contributed by atoms with Gasteiger partial charge in [0.25, 0.3) is 0 Å². The molecular weight excluding hydrogens is 250 g/mol. The first kappa shape index (κ1) is 14.9. The number of nitrogens with one attached hydrogen (secondary N) is 1.